The monoisotopic (exact) mass is 467 g/mol. The number of fused-ring (bicyclic) bond motifs is 2. The summed E-state index contributed by atoms with van der Waals surface area (Å²) in [5.41, 5.74) is -0.939. The van der Waals surface area contributed by atoms with Crippen molar-refractivity contribution >= 4 is 69.0 Å². The first kappa shape index (κ1) is 21.0. The van der Waals surface area contributed by atoms with Crippen molar-refractivity contribution in [1.82, 2.24) is 10.2 Å². The molecule has 2 aliphatic rings. The van der Waals surface area contributed by atoms with E-state index in [2.05, 4.69) is 10.5 Å². The lowest BCUT2D eigenvalue weighted by Crippen LogP contribution is -2.73. The Morgan fingerprint density at radius 2 is 2.17 bits per heavy atom. The number of thioether (sulfide) groups is 1. The number of carboxylic acids is 1. The molecule has 2 unspecified atom stereocenters. The Morgan fingerprint density at radius 3 is 2.87 bits per heavy atom. The molecule has 1 aromatic heterocycles. The van der Waals surface area contributed by atoms with Crippen molar-refractivity contribution in [3.05, 3.63) is 33.5 Å². The number of nitrogens with zero attached hydrogens (tertiary/aromatic N) is 2. The first-order valence-electron chi connectivity index (χ1n) is 9.00. The molecule has 2 amide bonds. The van der Waals surface area contributed by atoms with E-state index < -0.39 is 23.3 Å². The molecule has 2 aliphatic heterocycles. The molecule has 3 heterocycles. The van der Waals surface area contributed by atoms with Gasteiger partial charge in [0.1, 0.15) is 18.5 Å². The predicted molar refractivity (Wildman–Crippen MR) is 116 cm³/mol. The number of β-lactam (4-membered cyclic amide) rings is 1. The fourth-order valence-corrected chi connectivity index (χ4v) is 6.36. The molecule has 2 saturated heterocycles. The second-order valence-corrected chi connectivity index (χ2v) is 9.76. The number of oxime groups is 1. The molecule has 8 nitrogen and oxygen atoms in total. The third kappa shape index (κ3) is 3.32. The summed E-state index contributed by atoms with van der Waals surface area (Å²) in [5, 5.41) is 19.7. The van der Waals surface area contributed by atoms with E-state index in [1.165, 1.54) is 35.1 Å². The number of nitrogens with one attached hydrogen (secondary N) is 1. The number of hydrogen-bond donors (Lipinski definition) is 2. The summed E-state index contributed by atoms with van der Waals surface area (Å²) in [6.07, 6.45) is 0. The van der Waals surface area contributed by atoms with Gasteiger partial charge in [-0.3, -0.25) is 14.4 Å². The molecule has 2 N–H and O–H groups in total. The van der Waals surface area contributed by atoms with Crippen LogP contribution >= 0.6 is 34.7 Å². The number of carbonyl (C=O) groups is 3. The molecule has 158 valence electrons. The molecule has 0 saturated carbocycles. The molecule has 4 rings (SSSR count). The van der Waals surface area contributed by atoms with E-state index in [-0.39, 0.29) is 23.5 Å². The van der Waals surface area contributed by atoms with Crippen LogP contribution in [0.15, 0.2) is 28.7 Å². The largest absolute Gasteiger partial charge is 0.481 e. The summed E-state index contributed by atoms with van der Waals surface area (Å²) in [6.45, 7) is 1.74. The first-order valence-corrected chi connectivity index (χ1v) is 11.3. The Hall–Kier alpha value is -2.30. The number of halogens is 1. The zero-order valence-corrected chi connectivity index (χ0v) is 18.4. The summed E-state index contributed by atoms with van der Waals surface area (Å²) in [5.74, 6) is -1.42. The van der Waals surface area contributed by atoms with Crippen LogP contribution < -0.4 is 5.32 Å². The van der Waals surface area contributed by atoms with Crippen molar-refractivity contribution in [3.63, 3.8) is 0 Å². The maximum Gasteiger partial charge on any atom is 0.312 e. The smallest absolute Gasteiger partial charge is 0.312 e. The number of benzene rings is 1. The molecule has 0 aliphatic carbocycles. The Labute approximate surface area is 185 Å². The minimum Gasteiger partial charge on any atom is -0.481 e. The maximum absolute atomic E-state index is 13.0. The molecule has 0 spiro atoms. The van der Waals surface area contributed by atoms with Crippen LogP contribution in [0.2, 0.25) is 5.02 Å². The highest BCUT2D eigenvalue weighted by Gasteiger charge is 2.56. The lowest BCUT2D eigenvalue weighted by molar-refractivity contribution is -0.157. The van der Waals surface area contributed by atoms with Gasteiger partial charge in [-0.05, 0) is 13.0 Å². The summed E-state index contributed by atoms with van der Waals surface area (Å²) in [4.78, 5) is 44.0. The van der Waals surface area contributed by atoms with Gasteiger partial charge in [0.25, 0.3) is 5.91 Å². The standard InChI is InChI=1S/C19H18ClN3O5S2/c1-19(18(26)27)7-23-16(25)13(17(23)30-8-19)21-15(24)12(22-28-2)14-9-4-3-5-11(20)10(9)6-29-14/h3-6,13,17H,7-8H2,1-2H3,(H,21,24)(H,26,27)/t13?,17-,19?/m1/s1. The highest BCUT2D eigenvalue weighted by atomic mass is 35.5. The summed E-state index contributed by atoms with van der Waals surface area (Å²) < 4.78 is 0. The van der Waals surface area contributed by atoms with E-state index in [0.717, 1.165) is 10.8 Å². The molecule has 2 aromatic rings. The molecule has 30 heavy (non-hydrogen) atoms. The van der Waals surface area contributed by atoms with E-state index in [4.69, 9.17) is 16.4 Å². The third-order valence-electron chi connectivity index (χ3n) is 5.24. The zero-order valence-electron chi connectivity index (χ0n) is 16.0. The summed E-state index contributed by atoms with van der Waals surface area (Å²) in [7, 11) is 1.34. The highest BCUT2D eigenvalue weighted by molar-refractivity contribution is 8.00. The number of hydrogen-bond acceptors (Lipinski definition) is 7. The van der Waals surface area contributed by atoms with Crippen molar-refractivity contribution in [2.45, 2.75) is 18.3 Å². The van der Waals surface area contributed by atoms with E-state index in [1.807, 2.05) is 11.4 Å². The zero-order chi connectivity index (χ0) is 21.6. The molecule has 3 atom stereocenters. The number of carbonyl (C=O) groups excluding carboxylic acids is 2. The highest BCUT2D eigenvalue weighted by Crippen LogP contribution is 2.42. The van der Waals surface area contributed by atoms with Crippen molar-refractivity contribution in [2.24, 2.45) is 10.6 Å². The van der Waals surface area contributed by atoms with E-state index in [0.29, 0.717) is 15.7 Å². The topological polar surface area (TPSA) is 108 Å². The van der Waals surface area contributed by atoms with Gasteiger partial charge in [0.2, 0.25) is 5.91 Å². The lowest BCUT2D eigenvalue weighted by atomic mass is 9.89. The Kier molecular flexibility index (Phi) is 5.41. The van der Waals surface area contributed by atoms with Crippen LogP contribution in [-0.4, -0.2) is 64.3 Å². The minimum absolute atomic E-state index is 0.0576. The molecule has 0 bridgehead atoms. The van der Waals surface area contributed by atoms with Crippen LogP contribution in [0.1, 0.15) is 11.8 Å². The second kappa shape index (κ2) is 7.75. The van der Waals surface area contributed by atoms with Crippen LogP contribution in [0.5, 0.6) is 0 Å². The van der Waals surface area contributed by atoms with Crippen LogP contribution in [0.4, 0.5) is 0 Å². The third-order valence-corrected chi connectivity index (χ3v) is 8.25. The average molecular weight is 468 g/mol. The van der Waals surface area contributed by atoms with Crippen LogP contribution in [0, 0.1) is 5.41 Å². The maximum atomic E-state index is 13.0. The SMILES string of the molecule is CON=C(C(=O)NC1C(=O)N2CC(C)(C(=O)O)CS[C@H]12)c1scc2c(Cl)cccc12. The normalized spacial score (nSPS) is 26.2. The molecular weight excluding hydrogens is 450 g/mol. The van der Waals surface area contributed by atoms with Crippen molar-refractivity contribution in [1.29, 1.82) is 0 Å². The Morgan fingerprint density at radius 1 is 1.40 bits per heavy atom. The molecule has 0 radical (unpaired) electrons. The van der Waals surface area contributed by atoms with Gasteiger partial charge in [-0.2, -0.15) is 0 Å². The van der Waals surface area contributed by atoms with Gasteiger partial charge in [0.05, 0.1) is 10.3 Å². The van der Waals surface area contributed by atoms with Crippen molar-refractivity contribution < 1.29 is 24.3 Å². The molecule has 11 heteroatoms. The fraction of sp³-hybridized carbons (Fsp3) is 0.368. The van der Waals surface area contributed by atoms with E-state index >= 15 is 0 Å². The number of amides is 2. The molecule has 2 fully saturated rings. The van der Waals surface area contributed by atoms with E-state index in [9.17, 15) is 19.5 Å². The Balaban J connectivity index is 1.54. The summed E-state index contributed by atoms with van der Waals surface area (Å²) >= 11 is 8.89. The number of rotatable bonds is 5. The second-order valence-electron chi connectivity index (χ2n) is 7.37. The average Bonchev–Trinajstić information content (AvgIpc) is 3.15. The summed E-state index contributed by atoms with van der Waals surface area (Å²) in [6, 6.07) is 4.65. The molecular formula is C19H18ClN3O5S2. The number of carboxylic acid groups (broad SMARTS) is 1. The molecule has 1 aromatic carbocycles. The Bertz CT molecular complexity index is 1090. The van der Waals surface area contributed by atoms with Gasteiger partial charge >= 0.3 is 5.97 Å². The van der Waals surface area contributed by atoms with Gasteiger partial charge in [0, 0.05) is 33.5 Å². The van der Waals surface area contributed by atoms with Gasteiger partial charge in [0.15, 0.2) is 5.71 Å². The van der Waals surface area contributed by atoms with Crippen molar-refractivity contribution in [2.75, 3.05) is 19.4 Å². The minimum atomic E-state index is -0.996. The van der Waals surface area contributed by atoms with Gasteiger partial charge in [-0.1, -0.05) is 28.9 Å². The quantitative estimate of drug-likeness (QED) is 0.397. The fourth-order valence-electron chi connectivity index (χ4n) is 3.54. The van der Waals surface area contributed by atoms with Gasteiger partial charge < -0.3 is 20.2 Å². The lowest BCUT2D eigenvalue weighted by Gasteiger charge is -2.53. The van der Waals surface area contributed by atoms with Crippen molar-refractivity contribution in [3.8, 4) is 0 Å². The predicted octanol–water partition coefficient (Wildman–Crippen LogP) is 2.40. The van der Waals surface area contributed by atoms with Crippen LogP contribution in [0.25, 0.3) is 10.8 Å². The van der Waals surface area contributed by atoms with Gasteiger partial charge in [-0.25, -0.2) is 0 Å². The number of thiophene rings is 1. The number of aliphatic carboxylic acids is 1. The van der Waals surface area contributed by atoms with Crippen LogP contribution in [-0.2, 0) is 19.2 Å². The van der Waals surface area contributed by atoms with Crippen LogP contribution in [0.3, 0.4) is 0 Å². The first-order chi connectivity index (χ1) is 14.3. The van der Waals surface area contributed by atoms with E-state index in [1.54, 1.807) is 19.1 Å². The van der Waals surface area contributed by atoms with Gasteiger partial charge in [-0.15, -0.1) is 23.1 Å².